The topological polar surface area (TPSA) is 58.2 Å². The van der Waals surface area contributed by atoms with Crippen LogP contribution in [0.5, 0.6) is 0 Å². The number of benzene rings is 4. The zero-order chi connectivity index (χ0) is 40.5. The van der Waals surface area contributed by atoms with Crippen molar-refractivity contribution in [3.8, 4) is 22.3 Å². The number of amides is 2. The zero-order valence-corrected chi connectivity index (χ0v) is 38.4. The van der Waals surface area contributed by atoms with Crippen molar-refractivity contribution in [2.24, 2.45) is 10.8 Å². The van der Waals surface area contributed by atoms with Crippen LogP contribution in [0.4, 0.5) is 0 Å². The Morgan fingerprint density at radius 2 is 0.964 bits per heavy atom. The molecule has 2 unspecified atom stereocenters. The van der Waals surface area contributed by atoms with E-state index < -0.39 is 27.9 Å². The number of nitrogens with one attached hydrogen (secondary N) is 2. The van der Waals surface area contributed by atoms with Crippen molar-refractivity contribution >= 4 is 46.5 Å². The molecule has 2 aliphatic rings. The Balaban J connectivity index is 1.70. The molecule has 56 heavy (non-hydrogen) atoms. The number of halogens is 2. The maximum absolute atomic E-state index is 12.7. The third-order valence-corrected chi connectivity index (χ3v) is 32.0. The van der Waals surface area contributed by atoms with Gasteiger partial charge in [0.25, 0.3) is 0 Å². The van der Waals surface area contributed by atoms with E-state index in [2.05, 4.69) is 163 Å². The van der Waals surface area contributed by atoms with E-state index in [9.17, 15) is 9.59 Å². The predicted octanol–water partition coefficient (Wildman–Crippen LogP) is 12.8. The molecule has 2 aliphatic carbocycles. The molecular weight excluding hydrogens is 809 g/mol. The van der Waals surface area contributed by atoms with E-state index in [1.807, 2.05) is 0 Å². The van der Waals surface area contributed by atoms with Crippen molar-refractivity contribution in [2.45, 2.75) is 101 Å². The molecule has 0 radical (unpaired) electrons. The van der Waals surface area contributed by atoms with Gasteiger partial charge in [0.15, 0.2) is 0 Å². The van der Waals surface area contributed by atoms with Gasteiger partial charge in [-0.1, -0.05) is 0 Å². The molecule has 0 aromatic heterocycles. The number of aryl methyl sites for hydroxylation is 2. The minimum absolute atomic E-state index is 0.360. The number of carbonyl (C=O) groups is 2. The van der Waals surface area contributed by atoms with E-state index in [4.69, 9.17) is 17.0 Å². The van der Waals surface area contributed by atoms with Crippen molar-refractivity contribution in [1.29, 1.82) is 0 Å². The van der Waals surface area contributed by atoms with Gasteiger partial charge in [0, 0.05) is 0 Å². The molecule has 0 bridgehead atoms. The Morgan fingerprint density at radius 3 is 1.32 bits per heavy atom. The molecule has 4 nitrogen and oxygen atoms in total. The second kappa shape index (κ2) is 16.6. The Bertz CT molecular complexity index is 2030. The summed E-state index contributed by atoms with van der Waals surface area (Å²) in [4.78, 5) is 25.4. The van der Waals surface area contributed by atoms with Gasteiger partial charge in [-0.2, -0.15) is 0 Å². The SMILES string of the molecule is CCCCc1ccccc1-c1cccc2c1C=C(C(C)(C)C)[CH]2[Zr]([Cl])([Cl])([B](NC=O)NC=O)[CH]1C(C(C)(C)C)=Cc2c(-c3ccccc3CCCC)cccc21. The van der Waals surface area contributed by atoms with E-state index in [1.54, 1.807) is 0 Å². The summed E-state index contributed by atoms with van der Waals surface area (Å²) in [6, 6.07) is 30.5. The number of carbonyl (C=O) groups excluding carboxylic acids is 2. The quantitative estimate of drug-likeness (QED) is 0.0924. The van der Waals surface area contributed by atoms with Gasteiger partial charge >= 0.3 is 346 Å². The van der Waals surface area contributed by atoms with Crippen LogP contribution in [0.25, 0.3) is 34.4 Å². The van der Waals surface area contributed by atoms with E-state index in [0.29, 0.717) is 12.8 Å². The normalized spacial score (nSPS) is 17.2. The van der Waals surface area contributed by atoms with Gasteiger partial charge in [0.2, 0.25) is 0 Å². The van der Waals surface area contributed by atoms with E-state index >= 15 is 0 Å². The second-order valence-corrected chi connectivity index (χ2v) is 39.3. The van der Waals surface area contributed by atoms with Crippen molar-refractivity contribution in [3.63, 3.8) is 0 Å². The van der Waals surface area contributed by atoms with Crippen molar-refractivity contribution in [2.75, 3.05) is 0 Å². The first kappa shape index (κ1) is 42.4. The average molecular weight is 868 g/mol. The molecule has 0 saturated carbocycles. The summed E-state index contributed by atoms with van der Waals surface area (Å²) < 4.78 is -1.89. The van der Waals surface area contributed by atoms with Crippen LogP contribution in [0.2, 0.25) is 0 Å². The summed E-state index contributed by atoms with van der Waals surface area (Å²) >= 11 is -6.03. The van der Waals surface area contributed by atoms with E-state index in [0.717, 1.165) is 83.1 Å². The number of allylic oxidation sites excluding steroid dienone is 2. The summed E-state index contributed by atoms with van der Waals surface area (Å²) in [5.41, 5.74) is 13.2. The molecule has 4 aromatic rings. The van der Waals surface area contributed by atoms with Crippen LogP contribution in [0.3, 0.4) is 0 Å². The molecule has 0 heterocycles. The predicted molar refractivity (Wildman–Crippen MR) is 237 cm³/mol. The third-order valence-electron chi connectivity index (χ3n) is 12.2. The zero-order valence-electron chi connectivity index (χ0n) is 34.4. The first-order valence-corrected chi connectivity index (χ1v) is 31.0. The molecule has 0 saturated heterocycles. The standard InChI is InChI=1S/2C23H27.C2H3BN2O2.2ClH.Zr/c2*1-5-6-10-17-11-7-8-13-20(17)21-14-9-12-18-15-19(16-22(18)21)23(2,3)4;6-1-4-3-5-2-7;;;/h2*7-9,11-16H,5-6,10H2,1-4H3;1-2H,(H-,4,5,6,7);2*1H;/q;;;;;+1/p-1. The molecular formula is C48H58BCl2N2O2Zr. The summed E-state index contributed by atoms with van der Waals surface area (Å²) in [7, 11) is 17.7. The fourth-order valence-electron chi connectivity index (χ4n) is 9.50. The number of hydrogen-bond acceptors (Lipinski definition) is 2. The number of fused-ring (bicyclic) bond motifs is 2. The van der Waals surface area contributed by atoms with Crippen LogP contribution < -0.4 is 10.5 Å². The number of hydrogen-bond donors (Lipinski definition) is 2. The van der Waals surface area contributed by atoms with Gasteiger partial charge in [-0.05, 0) is 0 Å². The molecule has 4 aromatic carbocycles. The first-order chi connectivity index (χ1) is 26.6. The van der Waals surface area contributed by atoms with Crippen LogP contribution >= 0.6 is 17.0 Å². The molecule has 0 aliphatic heterocycles. The average Bonchev–Trinajstić information content (AvgIpc) is 3.79. The van der Waals surface area contributed by atoms with Crippen LogP contribution in [0.15, 0.2) is 96.1 Å². The molecule has 6 rings (SSSR count). The summed E-state index contributed by atoms with van der Waals surface area (Å²) in [6.07, 6.45) is 12.4. The number of rotatable bonds is 15. The maximum atomic E-state index is 12.7. The van der Waals surface area contributed by atoms with Crippen LogP contribution in [-0.4, -0.2) is 17.3 Å². The minimum atomic E-state index is -6.03. The van der Waals surface area contributed by atoms with Gasteiger partial charge < -0.3 is 0 Å². The summed E-state index contributed by atoms with van der Waals surface area (Å²) in [5.74, 6) is 0. The monoisotopic (exact) mass is 865 g/mol. The van der Waals surface area contributed by atoms with Gasteiger partial charge in [-0.15, -0.1) is 0 Å². The summed E-state index contributed by atoms with van der Waals surface area (Å²) in [5, 5.41) is 6.07. The molecule has 2 N–H and O–H groups in total. The van der Waals surface area contributed by atoms with Gasteiger partial charge in [0.05, 0.1) is 0 Å². The van der Waals surface area contributed by atoms with Crippen LogP contribution in [-0.2, 0) is 38.6 Å². The third kappa shape index (κ3) is 7.60. The molecule has 0 fully saturated rings. The Morgan fingerprint density at radius 1 is 0.589 bits per heavy atom. The Kier molecular flexibility index (Phi) is 12.6. The van der Waals surface area contributed by atoms with Gasteiger partial charge in [-0.25, -0.2) is 0 Å². The van der Waals surface area contributed by atoms with Crippen LogP contribution in [0, 0.1) is 10.8 Å². The number of unbranched alkanes of at least 4 members (excludes halogenated alkanes) is 2. The molecule has 0 spiro atoms. The first-order valence-electron chi connectivity index (χ1n) is 20.4. The molecule has 2 amide bonds. The Labute approximate surface area is 344 Å². The molecule has 8 heteroatoms. The van der Waals surface area contributed by atoms with Crippen LogP contribution in [0.1, 0.15) is 122 Å². The van der Waals surface area contributed by atoms with Crippen molar-refractivity contribution < 1.29 is 25.8 Å². The fourth-order valence-corrected chi connectivity index (χ4v) is 30.5. The Hall–Kier alpha value is -3.17. The van der Waals surface area contributed by atoms with Crippen molar-refractivity contribution in [1.82, 2.24) is 10.5 Å². The van der Waals surface area contributed by atoms with E-state index in [1.165, 1.54) is 22.3 Å². The van der Waals surface area contributed by atoms with Crippen molar-refractivity contribution in [3.05, 3.63) is 129 Å². The van der Waals surface area contributed by atoms with Gasteiger partial charge in [-0.3, -0.25) is 0 Å². The van der Waals surface area contributed by atoms with E-state index in [-0.39, 0.29) is 10.8 Å². The second-order valence-electron chi connectivity index (χ2n) is 17.9. The van der Waals surface area contributed by atoms with Gasteiger partial charge in [0.1, 0.15) is 0 Å². The fraction of sp³-hybridized carbons (Fsp3) is 0.375. The molecule has 2 atom stereocenters. The molecule has 293 valence electrons. The summed E-state index contributed by atoms with van der Waals surface area (Å²) in [6.45, 7) is 17.8.